The number of rotatable bonds is 4. The predicted molar refractivity (Wildman–Crippen MR) is 82.4 cm³/mol. The van der Waals surface area contributed by atoms with E-state index in [-0.39, 0.29) is 18.4 Å². The summed E-state index contributed by atoms with van der Waals surface area (Å²) in [5, 5.41) is 8.95. The van der Waals surface area contributed by atoms with Gasteiger partial charge in [0.25, 0.3) is 0 Å². The van der Waals surface area contributed by atoms with Gasteiger partial charge in [-0.3, -0.25) is 14.5 Å². The van der Waals surface area contributed by atoms with Crippen LogP contribution in [0.3, 0.4) is 0 Å². The number of hydrogen-bond donors (Lipinski definition) is 1. The standard InChI is InChI=1S/C17H22N2O3/c20-16(21)7-10-19-12-14-6-2-1-5-13(14)11-15(19)17(22)18-8-3-4-9-18/h1-2,5-6,15H,3-4,7-12H2,(H,20,21). The molecule has 5 heteroatoms. The van der Waals surface area contributed by atoms with Crippen molar-refractivity contribution in [2.75, 3.05) is 19.6 Å². The maximum Gasteiger partial charge on any atom is 0.304 e. The highest BCUT2D eigenvalue weighted by atomic mass is 16.4. The Balaban J connectivity index is 1.80. The van der Waals surface area contributed by atoms with E-state index < -0.39 is 5.97 Å². The largest absolute Gasteiger partial charge is 0.481 e. The van der Waals surface area contributed by atoms with Crippen molar-refractivity contribution in [3.8, 4) is 0 Å². The van der Waals surface area contributed by atoms with E-state index in [1.165, 1.54) is 11.1 Å². The molecule has 1 N–H and O–H groups in total. The molecule has 22 heavy (non-hydrogen) atoms. The molecular formula is C17H22N2O3. The van der Waals surface area contributed by atoms with E-state index in [0.29, 0.717) is 19.5 Å². The van der Waals surface area contributed by atoms with Crippen LogP contribution >= 0.6 is 0 Å². The Kier molecular flexibility index (Phi) is 4.43. The van der Waals surface area contributed by atoms with Crippen LogP contribution in [-0.2, 0) is 22.6 Å². The Labute approximate surface area is 130 Å². The molecule has 1 amide bonds. The van der Waals surface area contributed by atoms with E-state index in [1.807, 2.05) is 21.9 Å². The van der Waals surface area contributed by atoms with E-state index in [2.05, 4.69) is 12.1 Å². The first-order valence-corrected chi connectivity index (χ1v) is 7.96. The second-order valence-corrected chi connectivity index (χ2v) is 6.14. The molecule has 2 aliphatic heterocycles. The van der Waals surface area contributed by atoms with Crippen LogP contribution in [0.4, 0.5) is 0 Å². The van der Waals surface area contributed by atoms with Gasteiger partial charge in [-0.2, -0.15) is 0 Å². The Morgan fingerprint density at radius 3 is 2.50 bits per heavy atom. The maximum absolute atomic E-state index is 12.8. The molecule has 118 valence electrons. The van der Waals surface area contributed by atoms with Crippen LogP contribution in [0, 0.1) is 0 Å². The number of carbonyl (C=O) groups is 2. The second kappa shape index (κ2) is 6.48. The Bertz CT molecular complexity index is 567. The number of likely N-dealkylation sites (tertiary alicyclic amines) is 1. The zero-order valence-corrected chi connectivity index (χ0v) is 12.7. The van der Waals surface area contributed by atoms with Gasteiger partial charge in [-0.15, -0.1) is 0 Å². The summed E-state index contributed by atoms with van der Waals surface area (Å²) in [6.45, 7) is 2.76. The Morgan fingerprint density at radius 2 is 1.82 bits per heavy atom. The van der Waals surface area contributed by atoms with Crippen molar-refractivity contribution in [1.82, 2.24) is 9.80 Å². The first-order valence-electron chi connectivity index (χ1n) is 7.96. The Morgan fingerprint density at radius 1 is 1.14 bits per heavy atom. The van der Waals surface area contributed by atoms with Gasteiger partial charge in [0.2, 0.25) is 5.91 Å². The van der Waals surface area contributed by atoms with Crippen LogP contribution in [0.2, 0.25) is 0 Å². The zero-order chi connectivity index (χ0) is 15.5. The van der Waals surface area contributed by atoms with E-state index in [1.54, 1.807) is 0 Å². The topological polar surface area (TPSA) is 60.9 Å². The van der Waals surface area contributed by atoms with Gasteiger partial charge in [0.1, 0.15) is 0 Å². The second-order valence-electron chi connectivity index (χ2n) is 6.14. The molecule has 1 aromatic carbocycles. The van der Waals surface area contributed by atoms with Gasteiger partial charge in [-0.25, -0.2) is 0 Å². The minimum atomic E-state index is -0.814. The van der Waals surface area contributed by atoms with Crippen molar-refractivity contribution in [2.45, 2.75) is 38.3 Å². The first kappa shape index (κ1) is 15.0. The van der Waals surface area contributed by atoms with Crippen LogP contribution in [0.5, 0.6) is 0 Å². The number of carbonyl (C=O) groups excluding carboxylic acids is 1. The van der Waals surface area contributed by atoms with Crippen LogP contribution in [0.15, 0.2) is 24.3 Å². The van der Waals surface area contributed by atoms with Gasteiger partial charge in [0.15, 0.2) is 0 Å². The third kappa shape index (κ3) is 3.14. The highest BCUT2D eigenvalue weighted by Gasteiger charge is 2.34. The third-order valence-electron chi connectivity index (χ3n) is 4.66. The third-order valence-corrected chi connectivity index (χ3v) is 4.66. The fourth-order valence-corrected chi connectivity index (χ4v) is 3.44. The van der Waals surface area contributed by atoms with Gasteiger partial charge in [-0.05, 0) is 30.4 Å². The molecule has 1 atom stereocenters. The number of nitrogens with zero attached hydrogens (tertiary/aromatic N) is 2. The van der Waals surface area contributed by atoms with E-state index in [9.17, 15) is 9.59 Å². The average Bonchev–Trinajstić information content (AvgIpc) is 3.05. The van der Waals surface area contributed by atoms with Crippen molar-refractivity contribution in [3.05, 3.63) is 35.4 Å². The molecular weight excluding hydrogens is 280 g/mol. The van der Waals surface area contributed by atoms with Crippen molar-refractivity contribution in [1.29, 1.82) is 0 Å². The number of carboxylic acids is 1. The van der Waals surface area contributed by atoms with Crippen LogP contribution < -0.4 is 0 Å². The number of fused-ring (bicyclic) bond motifs is 1. The van der Waals surface area contributed by atoms with Crippen molar-refractivity contribution in [2.24, 2.45) is 0 Å². The number of amides is 1. The molecule has 1 fully saturated rings. The quantitative estimate of drug-likeness (QED) is 0.916. The lowest BCUT2D eigenvalue weighted by atomic mass is 9.93. The molecule has 0 saturated carbocycles. The lowest BCUT2D eigenvalue weighted by Crippen LogP contribution is -2.51. The molecule has 5 nitrogen and oxygen atoms in total. The summed E-state index contributed by atoms with van der Waals surface area (Å²) in [6.07, 6.45) is 2.91. The molecule has 0 bridgehead atoms. The summed E-state index contributed by atoms with van der Waals surface area (Å²) < 4.78 is 0. The first-order chi connectivity index (χ1) is 10.6. The lowest BCUT2D eigenvalue weighted by molar-refractivity contribution is -0.140. The molecule has 0 radical (unpaired) electrons. The van der Waals surface area contributed by atoms with Crippen LogP contribution in [0.1, 0.15) is 30.4 Å². The smallest absolute Gasteiger partial charge is 0.304 e. The lowest BCUT2D eigenvalue weighted by Gasteiger charge is -2.37. The highest BCUT2D eigenvalue weighted by Crippen LogP contribution is 2.25. The minimum Gasteiger partial charge on any atom is -0.481 e. The van der Waals surface area contributed by atoms with E-state index >= 15 is 0 Å². The monoisotopic (exact) mass is 302 g/mol. The minimum absolute atomic E-state index is 0.0753. The molecule has 0 spiro atoms. The molecule has 2 heterocycles. The molecule has 1 aromatic rings. The van der Waals surface area contributed by atoms with Crippen molar-refractivity contribution in [3.63, 3.8) is 0 Å². The summed E-state index contributed by atoms with van der Waals surface area (Å²) in [5.74, 6) is -0.649. The van der Waals surface area contributed by atoms with Crippen molar-refractivity contribution < 1.29 is 14.7 Å². The summed E-state index contributed by atoms with van der Waals surface area (Å²) in [5.41, 5.74) is 2.42. The van der Waals surface area contributed by atoms with Gasteiger partial charge in [0, 0.05) is 26.2 Å². The fourth-order valence-electron chi connectivity index (χ4n) is 3.44. The summed E-state index contributed by atoms with van der Waals surface area (Å²) in [4.78, 5) is 27.7. The zero-order valence-electron chi connectivity index (χ0n) is 12.7. The number of carboxylic acid groups (broad SMARTS) is 1. The van der Waals surface area contributed by atoms with E-state index in [0.717, 1.165) is 25.9 Å². The number of benzene rings is 1. The van der Waals surface area contributed by atoms with Gasteiger partial charge >= 0.3 is 5.97 Å². The van der Waals surface area contributed by atoms with Gasteiger partial charge in [0.05, 0.1) is 12.5 Å². The normalized spacial score (nSPS) is 21.6. The van der Waals surface area contributed by atoms with Crippen molar-refractivity contribution >= 4 is 11.9 Å². The summed E-state index contributed by atoms with van der Waals surface area (Å²) >= 11 is 0. The molecule has 2 aliphatic rings. The molecule has 1 saturated heterocycles. The van der Waals surface area contributed by atoms with Crippen LogP contribution in [-0.4, -0.2) is 52.5 Å². The molecule has 1 unspecified atom stereocenters. The predicted octanol–water partition coefficient (Wildman–Crippen LogP) is 1.51. The van der Waals surface area contributed by atoms with Gasteiger partial charge < -0.3 is 10.0 Å². The van der Waals surface area contributed by atoms with E-state index in [4.69, 9.17) is 5.11 Å². The SMILES string of the molecule is O=C(O)CCN1Cc2ccccc2CC1C(=O)N1CCCC1. The fraction of sp³-hybridized carbons (Fsp3) is 0.529. The summed E-state index contributed by atoms with van der Waals surface area (Å²) in [7, 11) is 0. The highest BCUT2D eigenvalue weighted by molar-refractivity contribution is 5.83. The number of aliphatic carboxylic acids is 1. The Hall–Kier alpha value is -1.88. The molecule has 0 aliphatic carbocycles. The number of hydrogen-bond acceptors (Lipinski definition) is 3. The molecule has 3 rings (SSSR count). The average molecular weight is 302 g/mol. The maximum atomic E-state index is 12.8. The molecule has 0 aromatic heterocycles. The van der Waals surface area contributed by atoms with Gasteiger partial charge in [-0.1, -0.05) is 24.3 Å². The summed E-state index contributed by atoms with van der Waals surface area (Å²) in [6, 6.07) is 7.93. The van der Waals surface area contributed by atoms with Crippen LogP contribution in [0.25, 0.3) is 0 Å².